The lowest BCUT2D eigenvalue weighted by Crippen LogP contribution is -2.39. The van der Waals surface area contributed by atoms with Gasteiger partial charge < -0.3 is 15.0 Å². The second-order valence-corrected chi connectivity index (χ2v) is 7.17. The Labute approximate surface area is 161 Å². The van der Waals surface area contributed by atoms with Crippen molar-refractivity contribution in [3.8, 4) is 5.75 Å². The summed E-state index contributed by atoms with van der Waals surface area (Å²) in [7, 11) is 1.70. The number of carbonyl (C=O) groups excluding carboxylic acids is 1. The molecule has 5 heteroatoms. The van der Waals surface area contributed by atoms with Crippen LogP contribution in [0.4, 0.5) is 0 Å². The number of aromatic nitrogens is 1. The molecule has 0 radical (unpaired) electrons. The van der Waals surface area contributed by atoms with Crippen LogP contribution in [0.3, 0.4) is 0 Å². The molecular formula is C22H29N3O2. The highest BCUT2D eigenvalue weighted by molar-refractivity contribution is 5.93. The lowest BCUT2D eigenvalue weighted by molar-refractivity contribution is 0.0943. The Hall–Kier alpha value is -2.40. The van der Waals surface area contributed by atoms with Gasteiger partial charge in [-0.2, -0.15) is 0 Å². The maximum atomic E-state index is 12.0. The Balaban J connectivity index is 1.31. The molecule has 0 aliphatic carbocycles. The van der Waals surface area contributed by atoms with E-state index >= 15 is 0 Å². The minimum atomic E-state index is -0.0440. The zero-order valence-corrected chi connectivity index (χ0v) is 16.1. The van der Waals surface area contributed by atoms with Crippen LogP contribution in [0.1, 0.15) is 35.2 Å². The van der Waals surface area contributed by atoms with Gasteiger partial charge in [0, 0.05) is 25.5 Å². The number of methoxy groups -OCH3 is 1. The van der Waals surface area contributed by atoms with Crippen molar-refractivity contribution in [1.82, 2.24) is 15.2 Å². The maximum Gasteiger partial charge on any atom is 0.252 e. The summed E-state index contributed by atoms with van der Waals surface area (Å²) >= 11 is 0. The first kappa shape index (κ1) is 19.4. The second kappa shape index (κ2) is 10.1. The van der Waals surface area contributed by atoms with Crippen molar-refractivity contribution in [2.45, 2.75) is 25.7 Å². The number of pyridine rings is 1. The molecule has 3 rings (SSSR count). The quantitative estimate of drug-likeness (QED) is 0.779. The maximum absolute atomic E-state index is 12.0. The fraction of sp³-hybridized carbons (Fsp3) is 0.455. The lowest BCUT2D eigenvalue weighted by atomic mass is 9.90. The third-order valence-electron chi connectivity index (χ3n) is 5.34. The summed E-state index contributed by atoms with van der Waals surface area (Å²) in [5, 5.41) is 2.98. The van der Waals surface area contributed by atoms with Crippen molar-refractivity contribution in [3.63, 3.8) is 0 Å². The van der Waals surface area contributed by atoms with Crippen molar-refractivity contribution in [3.05, 3.63) is 59.9 Å². The summed E-state index contributed by atoms with van der Waals surface area (Å²) in [5.74, 6) is 1.67. The molecule has 1 fully saturated rings. The van der Waals surface area contributed by atoms with E-state index < -0.39 is 0 Å². The van der Waals surface area contributed by atoms with Crippen LogP contribution in [0.25, 0.3) is 0 Å². The second-order valence-electron chi connectivity index (χ2n) is 7.17. The molecule has 1 aromatic carbocycles. The SMILES string of the molecule is COc1ccc(CCC2CCN(CCNC(=O)c3cccnc3)CC2)cc1. The van der Waals surface area contributed by atoms with Crippen molar-refractivity contribution in [1.29, 1.82) is 0 Å². The van der Waals surface area contributed by atoms with Gasteiger partial charge in [-0.15, -0.1) is 0 Å². The number of nitrogens with one attached hydrogen (secondary N) is 1. The first-order valence-corrected chi connectivity index (χ1v) is 9.78. The van der Waals surface area contributed by atoms with Gasteiger partial charge >= 0.3 is 0 Å². The van der Waals surface area contributed by atoms with Gasteiger partial charge in [0.15, 0.2) is 0 Å². The number of nitrogens with zero attached hydrogens (tertiary/aromatic N) is 2. The van der Waals surface area contributed by atoms with E-state index in [9.17, 15) is 4.79 Å². The Bertz CT molecular complexity index is 695. The fourth-order valence-corrected chi connectivity index (χ4v) is 3.59. The smallest absolute Gasteiger partial charge is 0.252 e. The molecule has 0 saturated carbocycles. The number of amides is 1. The Morgan fingerprint density at radius 3 is 2.67 bits per heavy atom. The van der Waals surface area contributed by atoms with Gasteiger partial charge in [-0.3, -0.25) is 9.78 Å². The van der Waals surface area contributed by atoms with Crippen LogP contribution >= 0.6 is 0 Å². The first-order chi connectivity index (χ1) is 13.2. The number of hydrogen-bond donors (Lipinski definition) is 1. The highest BCUT2D eigenvalue weighted by atomic mass is 16.5. The third kappa shape index (κ3) is 6.07. The molecule has 1 amide bonds. The van der Waals surface area contributed by atoms with Gasteiger partial charge in [0.2, 0.25) is 0 Å². The highest BCUT2D eigenvalue weighted by Gasteiger charge is 2.19. The molecule has 0 bridgehead atoms. The molecule has 144 valence electrons. The van der Waals surface area contributed by atoms with Crippen molar-refractivity contribution >= 4 is 5.91 Å². The zero-order chi connectivity index (χ0) is 18.9. The Morgan fingerprint density at radius 1 is 1.22 bits per heavy atom. The molecule has 2 heterocycles. The predicted molar refractivity (Wildman–Crippen MR) is 107 cm³/mol. The topological polar surface area (TPSA) is 54.5 Å². The number of benzene rings is 1. The molecule has 5 nitrogen and oxygen atoms in total. The Kier molecular flexibility index (Phi) is 7.22. The van der Waals surface area contributed by atoms with Crippen LogP contribution in [0.15, 0.2) is 48.8 Å². The summed E-state index contributed by atoms with van der Waals surface area (Å²) in [5.41, 5.74) is 2.01. The molecule has 1 aliphatic heterocycles. The van der Waals surface area contributed by atoms with Crippen molar-refractivity contribution < 1.29 is 9.53 Å². The average molecular weight is 367 g/mol. The van der Waals surface area contributed by atoms with Crippen LogP contribution in [-0.2, 0) is 6.42 Å². The molecule has 1 aliphatic rings. The largest absolute Gasteiger partial charge is 0.497 e. The van der Waals surface area contributed by atoms with E-state index in [4.69, 9.17) is 4.74 Å². The number of likely N-dealkylation sites (tertiary alicyclic amines) is 1. The van der Waals surface area contributed by atoms with Gasteiger partial charge in [0.1, 0.15) is 5.75 Å². The van der Waals surface area contributed by atoms with Crippen LogP contribution in [0.5, 0.6) is 5.75 Å². The highest BCUT2D eigenvalue weighted by Crippen LogP contribution is 2.23. The average Bonchev–Trinajstić information content (AvgIpc) is 2.74. The molecule has 1 saturated heterocycles. The third-order valence-corrected chi connectivity index (χ3v) is 5.34. The molecule has 2 aromatic rings. The van der Waals surface area contributed by atoms with Crippen molar-refractivity contribution in [2.24, 2.45) is 5.92 Å². The van der Waals surface area contributed by atoms with Gasteiger partial charge in [0.05, 0.1) is 12.7 Å². The summed E-state index contributed by atoms with van der Waals surface area (Å²) in [6.07, 6.45) is 8.15. The molecule has 0 spiro atoms. The van der Waals surface area contributed by atoms with Crippen molar-refractivity contribution in [2.75, 3.05) is 33.3 Å². The van der Waals surface area contributed by atoms with Crippen LogP contribution in [-0.4, -0.2) is 49.1 Å². The van der Waals surface area contributed by atoms with Crippen LogP contribution in [0.2, 0.25) is 0 Å². The predicted octanol–water partition coefficient (Wildman–Crippen LogP) is 3.16. The monoisotopic (exact) mass is 367 g/mol. The van der Waals surface area contributed by atoms with Gasteiger partial charge in [-0.05, 0) is 74.5 Å². The van der Waals surface area contributed by atoms with E-state index in [0.717, 1.165) is 37.7 Å². The van der Waals surface area contributed by atoms with E-state index in [2.05, 4.69) is 27.3 Å². The van der Waals surface area contributed by atoms with E-state index in [1.54, 1.807) is 31.6 Å². The fourth-order valence-electron chi connectivity index (χ4n) is 3.59. The number of aryl methyl sites for hydroxylation is 1. The van der Waals surface area contributed by atoms with E-state index in [1.807, 2.05) is 12.1 Å². The zero-order valence-electron chi connectivity index (χ0n) is 16.1. The van der Waals surface area contributed by atoms with Gasteiger partial charge in [-0.1, -0.05) is 12.1 Å². The van der Waals surface area contributed by atoms with E-state index in [0.29, 0.717) is 12.1 Å². The summed E-state index contributed by atoms with van der Waals surface area (Å²) in [6, 6.07) is 12.0. The van der Waals surface area contributed by atoms with E-state index in [-0.39, 0.29) is 5.91 Å². The molecule has 27 heavy (non-hydrogen) atoms. The minimum absolute atomic E-state index is 0.0440. The molecule has 0 unspecified atom stereocenters. The molecule has 1 aromatic heterocycles. The number of piperidine rings is 1. The van der Waals surface area contributed by atoms with Crippen LogP contribution < -0.4 is 10.1 Å². The molecular weight excluding hydrogens is 338 g/mol. The number of hydrogen-bond acceptors (Lipinski definition) is 4. The number of ether oxygens (including phenoxy) is 1. The Morgan fingerprint density at radius 2 is 2.00 bits per heavy atom. The number of rotatable bonds is 8. The molecule has 0 atom stereocenters. The van der Waals surface area contributed by atoms with E-state index in [1.165, 1.54) is 24.8 Å². The minimum Gasteiger partial charge on any atom is -0.497 e. The van der Waals surface area contributed by atoms with Gasteiger partial charge in [0.25, 0.3) is 5.91 Å². The van der Waals surface area contributed by atoms with Crippen LogP contribution in [0, 0.1) is 5.92 Å². The van der Waals surface area contributed by atoms with Gasteiger partial charge in [-0.25, -0.2) is 0 Å². The summed E-state index contributed by atoms with van der Waals surface area (Å²) < 4.78 is 5.21. The normalized spacial score (nSPS) is 15.4. The first-order valence-electron chi connectivity index (χ1n) is 9.78. The standard InChI is InChI=1S/C22H29N3O2/c1-27-21-8-6-18(7-9-21)4-5-19-10-14-25(15-11-19)16-13-24-22(26)20-3-2-12-23-17-20/h2-3,6-9,12,17,19H,4-5,10-11,13-16H2,1H3,(H,24,26). The lowest BCUT2D eigenvalue weighted by Gasteiger charge is -2.32. The summed E-state index contributed by atoms with van der Waals surface area (Å²) in [6.45, 7) is 3.84. The summed E-state index contributed by atoms with van der Waals surface area (Å²) in [4.78, 5) is 18.5. The molecule has 1 N–H and O–H groups in total. The number of carbonyl (C=O) groups is 1.